The Morgan fingerprint density at radius 1 is 1.08 bits per heavy atom. The number of carbonyl (C=O) groups excluding carboxylic acids is 1. The Morgan fingerprint density at radius 3 is 2.48 bits per heavy atom. The van der Waals surface area contributed by atoms with Gasteiger partial charge >= 0.3 is 0 Å². The molecule has 0 saturated heterocycles. The van der Waals surface area contributed by atoms with Crippen LogP contribution in [0.25, 0.3) is 0 Å². The number of anilines is 2. The average Bonchev–Trinajstić information content (AvgIpc) is 3.13. The highest BCUT2D eigenvalue weighted by Crippen LogP contribution is 2.20. The van der Waals surface area contributed by atoms with Crippen molar-refractivity contribution in [3.8, 4) is 0 Å². The second kappa shape index (κ2) is 7.04. The van der Waals surface area contributed by atoms with Crippen LogP contribution in [0.2, 0.25) is 0 Å². The van der Waals surface area contributed by atoms with Gasteiger partial charge in [-0.2, -0.15) is 0 Å². The Hall–Kier alpha value is -2.71. The summed E-state index contributed by atoms with van der Waals surface area (Å²) in [6, 6.07) is 13.1. The van der Waals surface area contributed by atoms with E-state index in [1.165, 1.54) is 6.07 Å². The standard InChI is InChI=1S/C17H15N3O3S2/c1-12-4-2-10-18-16(12)19-17(21)13-6-8-14(9-7-13)20-25(22,23)15-5-3-11-24-15/h2-11,20H,1H3,(H,18,19,21). The van der Waals surface area contributed by atoms with Crippen molar-refractivity contribution in [1.29, 1.82) is 0 Å². The zero-order valence-electron chi connectivity index (χ0n) is 13.3. The zero-order valence-corrected chi connectivity index (χ0v) is 14.9. The highest BCUT2D eigenvalue weighted by molar-refractivity contribution is 7.94. The first-order valence-corrected chi connectivity index (χ1v) is 9.71. The molecule has 3 aromatic rings. The topological polar surface area (TPSA) is 88.2 Å². The maximum absolute atomic E-state index is 12.3. The summed E-state index contributed by atoms with van der Waals surface area (Å²) in [4.78, 5) is 16.4. The largest absolute Gasteiger partial charge is 0.306 e. The summed E-state index contributed by atoms with van der Waals surface area (Å²) >= 11 is 1.14. The van der Waals surface area contributed by atoms with Gasteiger partial charge in [0.15, 0.2) is 0 Å². The summed E-state index contributed by atoms with van der Waals surface area (Å²) in [5.41, 5.74) is 1.65. The zero-order chi connectivity index (χ0) is 17.9. The molecule has 0 radical (unpaired) electrons. The second-order valence-corrected chi connectivity index (χ2v) is 8.09. The maximum Gasteiger partial charge on any atom is 0.271 e. The lowest BCUT2D eigenvalue weighted by Gasteiger charge is -2.09. The van der Waals surface area contributed by atoms with Crippen molar-refractivity contribution in [2.45, 2.75) is 11.1 Å². The Kier molecular flexibility index (Phi) is 4.82. The normalized spacial score (nSPS) is 11.1. The van der Waals surface area contributed by atoms with E-state index in [1.807, 2.05) is 13.0 Å². The third-order valence-corrected chi connectivity index (χ3v) is 6.18. The fraction of sp³-hybridized carbons (Fsp3) is 0.0588. The summed E-state index contributed by atoms with van der Waals surface area (Å²) in [6.45, 7) is 1.85. The number of nitrogens with zero attached hydrogens (tertiary/aromatic N) is 1. The number of amides is 1. The van der Waals surface area contributed by atoms with E-state index < -0.39 is 10.0 Å². The SMILES string of the molecule is Cc1cccnc1NC(=O)c1ccc(NS(=O)(=O)c2cccs2)cc1. The summed E-state index contributed by atoms with van der Waals surface area (Å²) in [5.74, 6) is 0.185. The van der Waals surface area contributed by atoms with Crippen LogP contribution in [0.3, 0.4) is 0 Å². The van der Waals surface area contributed by atoms with Crippen LogP contribution in [0, 0.1) is 6.92 Å². The molecule has 0 spiro atoms. The van der Waals surface area contributed by atoms with Crippen LogP contribution < -0.4 is 10.0 Å². The molecule has 0 atom stereocenters. The minimum atomic E-state index is -3.60. The third kappa shape index (κ3) is 4.04. The van der Waals surface area contributed by atoms with Crippen LogP contribution in [0.15, 0.2) is 64.3 Å². The van der Waals surface area contributed by atoms with E-state index in [9.17, 15) is 13.2 Å². The van der Waals surface area contributed by atoms with Gasteiger partial charge in [-0.3, -0.25) is 9.52 Å². The Bertz CT molecular complexity index is 982. The van der Waals surface area contributed by atoms with Crippen molar-refractivity contribution in [3.63, 3.8) is 0 Å². The Labute approximate surface area is 149 Å². The fourth-order valence-corrected chi connectivity index (χ4v) is 4.16. The molecule has 0 bridgehead atoms. The van der Waals surface area contributed by atoms with E-state index in [1.54, 1.807) is 48.0 Å². The number of hydrogen-bond acceptors (Lipinski definition) is 5. The molecule has 0 fully saturated rings. The van der Waals surface area contributed by atoms with E-state index in [-0.39, 0.29) is 10.1 Å². The third-order valence-electron chi connectivity index (χ3n) is 3.40. The number of thiophene rings is 1. The highest BCUT2D eigenvalue weighted by atomic mass is 32.2. The monoisotopic (exact) mass is 373 g/mol. The lowest BCUT2D eigenvalue weighted by atomic mass is 10.2. The molecule has 25 heavy (non-hydrogen) atoms. The number of aryl methyl sites for hydroxylation is 1. The predicted molar refractivity (Wildman–Crippen MR) is 98.5 cm³/mol. The van der Waals surface area contributed by atoms with Gasteiger partial charge in [-0.25, -0.2) is 13.4 Å². The van der Waals surface area contributed by atoms with E-state index in [0.717, 1.165) is 16.9 Å². The highest BCUT2D eigenvalue weighted by Gasteiger charge is 2.15. The first kappa shape index (κ1) is 17.1. The lowest BCUT2D eigenvalue weighted by Crippen LogP contribution is -2.14. The molecule has 2 N–H and O–H groups in total. The number of nitrogens with one attached hydrogen (secondary N) is 2. The summed E-state index contributed by atoms with van der Waals surface area (Å²) < 4.78 is 27.1. The van der Waals surface area contributed by atoms with E-state index in [4.69, 9.17) is 0 Å². The van der Waals surface area contributed by atoms with Crippen molar-refractivity contribution >= 4 is 38.8 Å². The smallest absolute Gasteiger partial charge is 0.271 e. The average molecular weight is 373 g/mol. The molecule has 6 nitrogen and oxygen atoms in total. The number of pyridine rings is 1. The number of rotatable bonds is 5. The lowest BCUT2D eigenvalue weighted by molar-refractivity contribution is 0.102. The second-order valence-electron chi connectivity index (χ2n) is 5.24. The summed E-state index contributed by atoms with van der Waals surface area (Å²) in [6.07, 6.45) is 1.60. The molecule has 8 heteroatoms. The quantitative estimate of drug-likeness (QED) is 0.716. The molecule has 1 aromatic carbocycles. The molecule has 128 valence electrons. The molecule has 0 aliphatic rings. The van der Waals surface area contributed by atoms with Gasteiger partial charge in [0.05, 0.1) is 0 Å². The van der Waals surface area contributed by atoms with Gasteiger partial charge < -0.3 is 5.32 Å². The van der Waals surface area contributed by atoms with Gasteiger partial charge in [-0.15, -0.1) is 11.3 Å². The summed E-state index contributed by atoms with van der Waals surface area (Å²) in [7, 11) is -3.60. The molecular formula is C17H15N3O3S2. The molecule has 3 rings (SSSR count). The first-order chi connectivity index (χ1) is 12.0. The van der Waals surface area contributed by atoms with Crippen molar-refractivity contribution < 1.29 is 13.2 Å². The molecule has 1 amide bonds. The Balaban J connectivity index is 1.72. The molecule has 2 aromatic heterocycles. The number of hydrogen-bond donors (Lipinski definition) is 2. The summed E-state index contributed by atoms with van der Waals surface area (Å²) in [5, 5.41) is 4.43. The van der Waals surface area contributed by atoms with Crippen LogP contribution in [-0.2, 0) is 10.0 Å². The number of sulfonamides is 1. The minimum Gasteiger partial charge on any atom is -0.306 e. The predicted octanol–water partition coefficient (Wildman–Crippen LogP) is 3.50. The molecular weight excluding hydrogens is 358 g/mol. The van der Waals surface area contributed by atoms with Crippen LogP contribution in [0.4, 0.5) is 11.5 Å². The van der Waals surface area contributed by atoms with E-state index in [0.29, 0.717) is 17.1 Å². The first-order valence-electron chi connectivity index (χ1n) is 7.35. The number of carbonyl (C=O) groups is 1. The van der Waals surface area contributed by atoms with Gasteiger partial charge in [0.25, 0.3) is 15.9 Å². The molecule has 0 aliphatic heterocycles. The van der Waals surface area contributed by atoms with Crippen molar-refractivity contribution in [2.75, 3.05) is 10.0 Å². The molecule has 2 heterocycles. The molecule has 0 unspecified atom stereocenters. The molecule has 0 saturated carbocycles. The number of aromatic nitrogens is 1. The van der Waals surface area contributed by atoms with Gasteiger partial charge in [-0.1, -0.05) is 12.1 Å². The van der Waals surface area contributed by atoms with Gasteiger partial charge in [0.2, 0.25) is 0 Å². The minimum absolute atomic E-state index is 0.236. The van der Waals surface area contributed by atoms with Gasteiger partial charge in [0.1, 0.15) is 10.0 Å². The van der Waals surface area contributed by atoms with Gasteiger partial charge in [0, 0.05) is 17.4 Å². The van der Waals surface area contributed by atoms with Crippen LogP contribution >= 0.6 is 11.3 Å². The van der Waals surface area contributed by atoms with Crippen molar-refractivity contribution in [3.05, 3.63) is 71.2 Å². The van der Waals surface area contributed by atoms with Crippen LogP contribution in [0.5, 0.6) is 0 Å². The Morgan fingerprint density at radius 2 is 1.84 bits per heavy atom. The van der Waals surface area contributed by atoms with Crippen molar-refractivity contribution in [2.24, 2.45) is 0 Å². The van der Waals surface area contributed by atoms with Crippen molar-refractivity contribution in [1.82, 2.24) is 4.98 Å². The molecule has 0 aliphatic carbocycles. The van der Waals surface area contributed by atoms with E-state index >= 15 is 0 Å². The number of benzene rings is 1. The van der Waals surface area contributed by atoms with Gasteiger partial charge in [-0.05, 0) is 54.3 Å². The van der Waals surface area contributed by atoms with Crippen LogP contribution in [-0.4, -0.2) is 19.3 Å². The fourth-order valence-electron chi connectivity index (χ4n) is 2.11. The van der Waals surface area contributed by atoms with E-state index in [2.05, 4.69) is 15.0 Å². The maximum atomic E-state index is 12.3. The van der Waals surface area contributed by atoms with Crippen LogP contribution in [0.1, 0.15) is 15.9 Å².